The molecule has 0 aromatic heterocycles. The van der Waals surface area contributed by atoms with Crippen molar-refractivity contribution in [3.8, 4) is 0 Å². The van der Waals surface area contributed by atoms with E-state index in [2.05, 4.69) is 22.5 Å². The zero-order chi connectivity index (χ0) is 16.3. The summed E-state index contributed by atoms with van der Waals surface area (Å²) in [4.78, 5) is 4.50. The number of rotatable bonds is 5. The van der Waals surface area contributed by atoms with Crippen LogP contribution in [0.4, 0.5) is 0 Å². The van der Waals surface area contributed by atoms with Crippen molar-refractivity contribution in [3.05, 3.63) is 29.8 Å². The van der Waals surface area contributed by atoms with Gasteiger partial charge in [0, 0.05) is 33.7 Å². The van der Waals surface area contributed by atoms with E-state index >= 15 is 0 Å². The van der Waals surface area contributed by atoms with E-state index in [-0.39, 0.29) is 0 Å². The van der Waals surface area contributed by atoms with Gasteiger partial charge in [-0.25, -0.2) is 12.7 Å². The predicted octanol–water partition coefficient (Wildman–Crippen LogP) is 1.01. The molecule has 0 saturated heterocycles. The molecule has 1 aromatic carbocycles. The molecule has 6 nitrogen and oxygen atoms in total. The highest BCUT2D eigenvalue weighted by molar-refractivity contribution is 7.89. The van der Waals surface area contributed by atoms with E-state index in [9.17, 15) is 8.42 Å². The van der Waals surface area contributed by atoms with Gasteiger partial charge in [0.05, 0.1) is 4.90 Å². The number of benzene rings is 1. The van der Waals surface area contributed by atoms with Crippen molar-refractivity contribution in [3.63, 3.8) is 0 Å². The second kappa shape index (κ2) is 6.66. The minimum Gasteiger partial charge on any atom is -0.353 e. The van der Waals surface area contributed by atoms with Gasteiger partial charge in [0.15, 0.2) is 5.96 Å². The van der Waals surface area contributed by atoms with Crippen LogP contribution in [-0.2, 0) is 16.6 Å². The Hall–Kier alpha value is -1.60. The Bertz CT molecular complexity index is 655. The SMILES string of the molecule is CN=C(NCc1ccccc1S(=O)(=O)N(C)C)NC1CC1C. The topological polar surface area (TPSA) is 73.8 Å². The van der Waals surface area contributed by atoms with Crippen molar-refractivity contribution in [1.29, 1.82) is 0 Å². The fourth-order valence-electron chi connectivity index (χ4n) is 2.17. The van der Waals surface area contributed by atoms with Gasteiger partial charge in [-0.05, 0) is 24.0 Å². The van der Waals surface area contributed by atoms with Crippen molar-refractivity contribution >= 4 is 16.0 Å². The van der Waals surface area contributed by atoms with Gasteiger partial charge in [-0.1, -0.05) is 25.1 Å². The molecule has 1 fully saturated rings. The molecular weight excluding hydrogens is 300 g/mol. The minimum absolute atomic E-state index is 0.322. The van der Waals surface area contributed by atoms with E-state index in [4.69, 9.17) is 0 Å². The lowest BCUT2D eigenvalue weighted by molar-refractivity contribution is 0.519. The number of hydrogen-bond acceptors (Lipinski definition) is 3. The van der Waals surface area contributed by atoms with Gasteiger partial charge in [0.2, 0.25) is 10.0 Å². The number of nitrogens with one attached hydrogen (secondary N) is 2. The van der Waals surface area contributed by atoms with Crippen LogP contribution in [0.5, 0.6) is 0 Å². The first-order chi connectivity index (χ1) is 10.4. The maximum Gasteiger partial charge on any atom is 0.242 e. The lowest BCUT2D eigenvalue weighted by Gasteiger charge is -2.17. The predicted molar refractivity (Wildman–Crippen MR) is 88.2 cm³/mol. The highest BCUT2D eigenvalue weighted by Crippen LogP contribution is 2.28. The number of nitrogens with zero attached hydrogens (tertiary/aromatic N) is 2. The van der Waals surface area contributed by atoms with Crippen LogP contribution >= 0.6 is 0 Å². The fraction of sp³-hybridized carbons (Fsp3) is 0.533. The molecule has 0 amide bonds. The molecule has 1 saturated carbocycles. The quantitative estimate of drug-likeness (QED) is 0.626. The van der Waals surface area contributed by atoms with E-state index in [1.54, 1.807) is 19.2 Å². The van der Waals surface area contributed by atoms with Crippen LogP contribution in [0.1, 0.15) is 18.9 Å². The van der Waals surface area contributed by atoms with Gasteiger partial charge < -0.3 is 10.6 Å². The molecule has 1 aliphatic rings. The van der Waals surface area contributed by atoms with Crippen LogP contribution in [0.15, 0.2) is 34.2 Å². The van der Waals surface area contributed by atoms with Crippen molar-refractivity contribution in [2.75, 3.05) is 21.1 Å². The third kappa shape index (κ3) is 3.78. The lowest BCUT2D eigenvalue weighted by Crippen LogP contribution is -2.39. The standard InChI is InChI=1S/C15H24N4O2S/c1-11-9-13(11)18-15(16-2)17-10-12-7-5-6-8-14(12)22(20,21)19(3)4/h5-8,11,13H,9-10H2,1-4H3,(H2,16,17,18). The molecule has 0 bridgehead atoms. The third-order valence-electron chi connectivity index (χ3n) is 3.83. The van der Waals surface area contributed by atoms with Crippen molar-refractivity contribution in [2.24, 2.45) is 10.9 Å². The molecule has 2 N–H and O–H groups in total. The van der Waals surface area contributed by atoms with Crippen LogP contribution in [0, 0.1) is 5.92 Å². The lowest BCUT2D eigenvalue weighted by atomic mass is 10.2. The van der Waals surface area contributed by atoms with E-state index in [1.807, 2.05) is 12.1 Å². The van der Waals surface area contributed by atoms with Gasteiger partial charge in [0.25, 0.3) is 0 Å². The van der Waals surface area contributed by atoms with Crippen LogP contribution in [-0.4, -0.2) is 45.9 Å². The number of aliphatic imine (C=N–C) groups is 1. The molecular formula is C15H24N4O2S. The summed E-state index contributed by atoms with van der Waals surface area (Å²) < 4.78 is 25.9. The Morgan fingerprint density at radius 2 is 2.00 bits per heavy atom. The van der Waals surface area contributed by atoms with E-state index in [0.717, 1.165) is 12.0 Å². The third-order valence-corrected chi connectivity index (χ3v) is 5.75. The van der Waals surface area contributed by atoms with Crippen molar-refractivity contribution in [1.82, 2.24) is 14.9 Å². The monoisotopic (exact) mass is 324 g/mol. The Kier molecular flexibility index (Phi) is 5.08. The number of hydrogen-bond donors (Lipinski definition) is 2. The van der Waals surface area contributed by atoms with Gasteiger partial charge in [-0.2, -0.15) is 0 Å². The maximum atomic E-state index is 12.4. The van der Waals surface area contributed by atoms with E-state index in [1.165, 1.54) is 18.4 Å². The molecule has 1 aromatic rings. The summed E-state index contributed by atoms with van der Waals surface area (Å²) in [5.74, 6) is 1.37. The summed E-state index contributed by atoms with van der Waals surface area (Å²) in [6, 6.07) is 7.48. The molecule has 0 spiro atoms. The summed E-state index contributed by atoms with van der Waals surface area (Å²) in [5, 5.41) is 6.51. The maximum absolute atomic E-state index is 12.4. The molecule has 0 radical (unpaired) electrons. The Labute approximate surface area is 132 Å². The Morgan fingerprint density at radius 3 is 2.55 bits per heavy atom. The van der Waals surface area contributed by atoms with Gasteiger partial charge in [-0.15, -0.1) is 0 Å². The second-order valence-electron chi connectivity index (χ2n) is 5.78. The van der Waals surface area contributed by atoms with Crippen LogP contribution < -0.4 is 10.6 Å². The van der Waals surface area contributed by atoms with Gasteiger partial charge >= 0.3 is 0 Å². The molecule has 7 heteroatoms. The molecule has 0 aliphatic heterocycles. The van der Waals surface area contributed by atoms with E-state index < -0.39 is 10.0 Å². The average Bonchev–Trinajstić information content (AvgIpc) is 3.18. The minimum atomic E-state index is -3.45. The summed E-state index contributed by atoms with van der Waals surface area (Å²) in [6.45, 7) is 2.59. The van der Waals surface area contributed by atoms with Gasteiger partial charge in [-0.3, -0.25) is 4.99 Å². The van der Waals surface area contributed by atoms with Crippen molar-refractivity contribution in [2.45, 2.75) is 30.8 Å². The normalized spacial score (nSPS) is 21.8. The molecule has 2 unspecified atom stereocenters. The molecule has 122 valence electrons. The average molecular weight is 324 g/mol. The Morgan fingerprint density at radius 1 is 1.36 bits per heavy atom. The molecule has 0 heterocycles. The second-order valence-corrected chi connectivity index (χ2v) is 7.90. The first-order valence-electron chi connectivity index (χ1n) is 7.34. The van der Waals surface area contributed by atoms with Gasteiger partial charge in [0.1, 0.15) is 0 Å². The summed E-state index contributed by atoms with van der Waals surface area (Å²) in [5.41, 5.74) is 0.725. The number of guanidine groups is 1. The molecule has 22 heavy (non-hydrogen) atoms. The number of sulfonamides is 1. The molecule has 2 rings (SSSR count). The largest absolute Gasteiger partial charge is 0.353 e. The Balaban J connectivity index is 2.10. The summed E-state index contributed by atoms with van der Waals surface area (Å²) in [6.07, 6.45) is 1.15. The zero-order valence-electron chi connectivity index (χ0n) is 13.5. The first-order valence-corrected chi connectivity index (χ1v) is 8.78. The molecule has 2 atom stereocenters. The highest BCUT2D eigenvalue weighted by Gasteiger charge is 2.33. The highest BCUT2D eigenvalue weighted by atomic mass is 32.2. The van der Waals surface area contributed by atoms with Crippen molar-refractivity contribution < 1.29 is 8.42 Å². The van der Waals surface area contributed by atoms with E-state index in [0.29, 0.717) is 29.4 Å². The smallest absolute Gasteiger partial charge is 0.242 e. The summed E-state index contributed by atoms with van der Waals surface area (Å²) in [7, 11) is 1.34. The summed E-state index contributed by atoms with van der Waals surface area (Å²) >= 11 is 0. The van der Waals surface area contributed by atoms with Crippen LogP contribution in [0.2, 0.25) is 0 Å². The zero-order valence-corrected chi connectivity index (χ0v) is 14.3. The first kappa shape index (κ1) is 16.8. The molecule has 1 aliphatic carbocycles. The fourth-order valence-corrected chi connectivity index (χ4v) is 3.29. The van der Waals surface area contributed by atoms with Crippen LogP contribution in [0.25, 0.3) is 0 Å². The van der Waals surface area contributed by atoms with Crippen LogP contribution in [0.3, 0.4) is 0 Å².